The molecular weight excluding hydrogens is 332 g/mol. The number of nitrogens with one attached hydrogen (secondary N) is 1. The van der Waals surface area contributed by atoms with E-state index in [0.717, 1.165) is 27.1 Å². The quantitative estimate of drug-likeness (QED) is 0.672. The van der Waals surface area contributed by atoms with Crippen LogP contribution in [0.2, 0.25) is 0 Å². The Morgan fingerprint density at radius 2 is 2.10 bits per heavy atom. The number of aromatic amines is 1. The van der Waals surface area contributed by atoms with Crippen LogP contribution in [0.3, 0.4) is 0 Å². The highest BCUT2D eigenvalue weighted by molar-refractivity contribution is 9.10. The van der Waals surface area contributed by atoms with Crippen LogP contribution < -0.4 is 0 Å². The Balaban J connectivity index is 2.06. The van der Waals surface area contributed by atoms with E-state index < -0.39 is 0 Å². The molecule has 20 heavy (non-hydrogen) atoms. The van der Waals surface area contributed by atoms with Gasteiger partial charge >= 0.3 is 0 Å². The summed E-state index contributed by atoms with van der Waals surface area (Å²) in [5.41, 5.74) is 2.38. The predicted octanol–water partition coefficient (Wildman–Crippen LogP) is 5.99. The van der Waals surface area contributed by atoms with Crippen LogP contribution in [0.1, 0.15) is 51.5 Å². The van der Waals surface area contributed by atoms with Crippen molar-refractivity contribution in [1.82, 2.24) is 9.55 Å². The van der Waals surface area contributed by atoms with Gasteiger partial charge in [-0.2, -0.15) is 0 Å². The first-order valence-electron chi connectivity index (χ1n) is 7.60. The summed E-state index contributed by atoms with van der Waals surface area (Å²) in [5.74, 6) is 0.781. The van der Waals surface area contributed by atoms with Crippen molar-refractivity contribution in [2.45, 2.75) is 51.5 Å². The fraction of sp³-hybridized carbons (Fsp3) is 0.562. The van der Waals surface area contributed by atoms with E-state index in [0.29, 0.717) is 6.04 Å². The van der Waals surface area contributed by atoms with Gasteiger partial charge in [0.15, 0.2) is 4.77 Å². The topological polar surface area (TPSA) is 20.7 Å². The third-order valence-electron chi connectivity index (χ3n) is 4.62. The molecular formula is C16H21BrN2S. The summed E-state index contributed by atoms with van der Waals surface area (Å²) in [6.07, 6.45) is 8.01. The molecule has 1 aliphatic carbocycles. The second-order valence-electron chi connectivity index (χ2n) is 5.84. The molecule has 1 aromatic carbocycles. The summed E-state index contributed by atoms with van der Waals surface area (Å²) in [4.78, 5) is 3.37. The number of rotatable bonds is 3. The first-order chi connectivity index (χ1) is 9.70. The molecule has 0 aliphatic heterocycles. The van der Waals surface area contributed by atoms with Gasteiger partial charge in [-0.25, -0.2) is 0 Å². The van der Waals surface area contributed by atoms with Gasteiger partial charge in [0.25, 0.3) is 0 Å². The zero-order chi connectivity index (χ0) is 14.1. The van der Waals surface area contributed by atoms with Crippen molar-refractivity contribution in [3.8, 4) is 0 Å². The number of hydrogen-bond acceptors (Lipinski definition) is 1. The number of halogens is 1. The molecule has 1 aliphatic rings. The average Bonchev–Trinajstić information content (AvgIpc) is 2.77. The molecule has 0 bridgehead atoms. The lowest BCUT2D eigenvalue weighted by atomic mass is 9.83. The molecule has 1 aromatic heterocycles. The summed E-state index contributed by atoms with van der Waals surface area (Å²) >= 11 is 9.13. The fourth-order valence-corrected chi connectivity index (χ4v) is 4.38. The Morgan fingerprint density at radius 3 is 2.80 bits per heavy atom. The van der Waals surface area contributed by atoms with Gasteiger partial charge in [0.05, 0.1) is 11.0 Å². The van der Waals surface area contributed by atoms with Gasteiger partial charge in [-0.3, -0.25) is 0 Å². The third kappa shape index (κ3) is 2.60. The second kappa shape index (κ2) is 6.02. The fourth-order valence-electron chi connectivity index (χ4n) is 3.68. The van der Waals surface area contributed by atoms with E-state index in [1.54, 1.807) is 0 Å². The lowest BCUT2D eigenvalue weighted by Crippen LogP contribution is -2.21. The minimum atomic E-state index is 0.540. The van der Waals surface area contributed by atoms with Crippen LogP contribution in [0.15, 0.2) is 22.7 Å². The summed E-state index contributed by atoms with van der Waals surface area (Å²) in [7, 11) is 0. The van der Waals surface area contributed by atoms with E-state index in [1.807, 2.05) is 0 Å². The second-order valence-corrected chi connectivity index (χ2v) is 7.14. The van der Waals surface area contributed by atoms with Gasteiger partial charge < -0.3 is 9.55 Å². The molecule has 0 spiro atoms. The van der Waals surface area contributed by atoms with Gasteiger partial charge in [0, 0.05) is 10.5 Å². The summed E-state index contributed by atoms with van der Waals surface area (Å²) in [6, 6.07) is 6.94. The Kier molecular flexibility index (Phi) is 4.32. The van der Waals surface area contributed by atoms with Gasteiger partial charge in [-0.1, -0.05) is 42.1 Å². The molecule has 108 valence electrons. The molecule has 1 atom stereocenters. The molecule has 1 N–H and O–H groups in total. The third-order valence-corrected chi connectivity index (χ3v) is 5.41. The van der Waals surface area contributed by atoms with Crippen molar-refractivity contribution in [2.24, 2.45) is 5.92 Å². The monoisotopic (exact) mass is 352 g/mol. The van der Waals surface area contributed by atoms with E-state index in [1.165, 1.54) is 37.6 Å². The number of fused-ring (bicyclic) bond motifs is 1. The lowest BCUT2D eigenvalue weighted by molar-refractivity contribution is 0.245. The molecule has 2 aromatic rings. The SMILES string of the molecule is CCC(C1CCCCC1)n1c(=S)[nH]c2cc(Br)ccc21. The molecule has 1 fully saturated rings. The minimum Gasteiger partial charge on any atom is -0.331 e. The molecule has 2 nitrogen and oxygen atoms in total. The van der Waals surface area contributed by atoms with E-state index >= 15 is 0 Å². The van der Waals surface area contributed by atoms with Gasteiger partial charge in [0.2, 0.25) is 0 Å². The summed E-state index contributed by atoms with van der Waals surface area (Å²) in [5, 5.41) is 0. The molecule has 3 rings (SSSR count). The normalized spacial score (nSPS) is 18.5. The zero-order valence-corrected chi connectivity index (χ0v) is 14.3. The van der Waals surface area contributed by atoms with E-state index in [2.05, 4.69) is 50.6 Å². The van der Waals surface area contributed by atoms with Gasteiger partial charge in [-0.05, 0) is 55.6 Å². The number of aromatic nitrogens is 2. The average molecular weight is 353 g/mol. The van der Waals surface area contributed by atoms with Crippen LogP contribution in [0.5, 0.6) is 0 Å². The Labute approximate surface area is 133 Å². The Bertz CT molecular complexity index is 652. The molecule has 0 amide bonds. The first-order valence-corrected chi connectivity index (χ1v) is 8.80. The van der Waals surface area contributed by atoms with Crippen LogP contribution in [-0.2, 0) is 0 Å². The molecule has 1 saturated carbocycles. The van der Waals surface area contributed by atoms with Crippen LogP contribution in [-0.4, -0.2) is 9.55 Å². The van der Waals surface area contributed by atoms with Crippen LogP contribution in [0, 0.1) is 10.7 Å². The highest BCUT2D eigenvalue weighted by atomic mass is 79.9. The number of benzene rings is 1. The molecule has 4 heteroatoms. The largest absolute Gasteiger partial charge is 0.331 e. The van der Waals surface area contributed by atoms with Gasteiger partial charge in [0.1, 0.15) is 0 Å². The summed E-state index contributed by atoms with van der Waals surface area (Å²) < 4.78 is 4.34. The highest BCUT2D eigenvalue weighted by Crippen LogP contribution is 2.37. The van der Waals surface area contributed by atoms with Crippen molar-refractivity contribution < 1.29 is 0 Å². The minimum absolute atomic E-state index is 0.540. The molecule has 1 unspecified atom stereocenters. The molecule has 1 heterocycles. The van der Waals surface area contributed by atoms with Crippen molar-refractivity contribution in [3.63, 3.8) is 0 Å². The van der Waals surface area contributed by atoms with Crippen molar-refractivity contribution in [1.29, 1.82) is 0 Å². The predicted molar refractivity (Wildman–Crippen MR) is 90.7 cm³/mol. The van der Waals surface area contributed by atoms with Crippen LogP contribution >= 0.6 is 28.1 Å². The smallest absolute Gasteiger partial charge is 0.178 e. The van der Waals surface area contributed by atoms with Crippen molar-refractivity contribution in [3.05, 3.63) is 27.4 Å². The lowest BCUT2D eigenvalue weighted by Gasteiger charge is -2.31. The summed E-state index contributed by atoms with van der Waals surface area (Å²) in [6.45, 7) is 2.29. The molecule has 0 saturated heterocycles. The van der Waals surface area contributed by atoms with E-state index in [-0.39, 0.29) is 0 Å². The van der Waals surface area contributed by atoms with Crippen molar-refractivity contribution >= 4 is 39.2 Å². The number of hydrogen-bond donors (Lipinski definition) is 1. The van der Waals surface area contributed by atoms with Crippen LogP contribution in [0.4, 0.5) is 0 Å². The van der Waals surface area contributed by atoms with E-state index in [9.17, 15) is 0 Å². The maximum Gasteiger partial charge on any atom is 0.178 e. The maximum atomic E-state index is 5.60. The zero-order valence-electron chi connectivity index (χ0n) is 11.9. The Morgan fingerprint density at radius 1 is 1.35 bits per heavy atom. The van der Waals surface area contributed by atoms with Crippen LogP contribution in [0.25, 0.3) is 11.0 Å². The maximum absolute atomic E-state index is 5.60. The number of imidazole rings is 1. The number of H-pyrrole nitrogens is 1. The molecule has 0 radical (unpaired) electrons. The standard InChI is InChI=1S/C16H21BrN2S/c1-2-14(11-6-4-3-5-7-11)19-15-9-8-12(17)10-13(15)18-16(19)20/h8-11,14H,2-7H2,1H3,(H,18,20). The Hall–Kier alpha value is -0.610. The number of nitrogens with zero attached hydrogens (tertiary/aromatic N) is 1. The first kappa shape index (κ1) is 14.3. The van der Waals surface area contributed by atoms with Gasteiger partial charge in [-0.15, -0.1) is 0 Å². The van der Waals surface area contributed by atoms with E-state index in [4.69, 9.17) is 12.2 Å². The highest BCUT2D eigenvalue weighted by Gasteiger charge is 2.25. The van der Waals surface area contributed by atoms with Crippen molar-refractivity contribution in [2.75, 3.05) is 0 Å².